The number of hydrogen-bond donors (Lipinski definition) is 3. The number of anilines is 3. The Kier molecular flexibility index (Phi) is 7.56. The molecule has 0 aliphatic carbocycles. The molecular formula is C23H28BN7O3. The number of nitrogens with two attached hydrogens (primary N) is 1. The minimum absolute atomic E-state index is 0.0532. The van der Waals surface area contributed by atoms with E-state index in [0.717, 1.165) is 30.1 Å². The fourth-order valence-electron chi connectivity index (χ4n) is 3.48. The predicted molar refractivity (Wildman–Crippen MR) is 134 cm³/mol. The van der Waals surface area contributed by atoms with Crippen LogP contribution in [0, 0.1) is 0 Å². The van der Waals surface area contributed by atoms with E-state index in [0.29, 0.717) is 31.2 Å². The summed E-state index contributed by atoms with van der Waals surface area (Å²) in [4.78, 5) is 28.1. The van der Waals surface area contributed by atoms with Crippen molar-refractivity contribution in [1.82, 2.24) is 20.2 Å². The third kappa shape index (κ3) is 5.62. The number of pyridine rings is 1. The molecule has 0 spiro atoms. The van der Waals surface area contributed by atoms with Crippen molar-refractivity contribution in [2.24, 2.45) is 0 Å². The number of benzene rings is 1. The van der Waals surface area contributed by atoms with Crippen LogP contribution in [-0.2, 0) is 4.74 Å². The first-order valence-corrected chi connectivity index (χ1v) is 11.2. The molecule has 3 heterocycles. The Balaban J connectivity index is 1.51. The zero-order valence-electron chi connectivity index (χ0n) is 19.3. The maximum Gasteiger partial charge on any atom is 0.278 e. The van der Waals surface area contributed by atoms with Gasteiger partial charge in [-0.3, -0.25) is 9.78 Å². The van der Waals surface area contributed by atoms with Crippen molar-refractivity contribution in [3.63, 3.8) is 0 Å². The van der Waals surface area contributed by atoms with Gasteiger partial charge in [0.25, 0.3) is 5.91 Å². The molecule has 0 bridgehead atoms. The van der Waals surface area contributed by atoms with Gasteiger partial charge in [0.1, 0.15) is 12.4 Å². The van der Waals surface area contributed by atoms with Crippen LogP contribution in [0.5, 0.6) is 5.75 Å². The van der Waals surface area contributed by atoms with Crippen molar-refractivity contribution in [2.75, 3.05) is 48.9 Å². The fourth-order valence-corrected chi connectivity index (χ4v) is 3.48. The van der Waals surface area contributed by atoms with Crippen LogP contribution < -0.4 is 25.9 Å². The molecule has 1 atom stereocenters. The van der Waals surface area contributed by atoms with E-state index in [1.165, 1.54) is 0 Å². The van der Waals surface area contributed by atoms with Crippen molar-refractivity contribution in [3.8, 4) is 17.0 Å². The molecule has 1 fully saturated rings. The van der Waals surface area contributed by atoms with E-state index in [-0.39, 0.29) is 17.6 Å². The van der Waals surface area contributed by atoms with Gasteiger partial charge in [0.15, 0.2) is 19.5 Å². The van der Waals surface area contributed by atoms with E-state index in [9.17, 15) is 4.79 Å². The average molecular weight is 461 g/mol. The van der Waals surface area contributed by atoms with E-state index in [1.807, 2.05) is 45.2 Å². The maximum atomic E-state index is 13.1. The quantitative estimate of drug-likeness (QED) is 0.423. The van der Waals surface area contributed by atoms with E-state index < -0.39 is 5.91 Å². The number of carbonyl (C=O) groups excluding carboxylic acids is 1. The molecule has 4 N–H and O–H groups in total. The van der Waals surface area contributed by atoms with E-state index in [2.05, 4.69) is 30.4 Å². The standard InChI is InChI=1S/C23H28BN7O3/c1-15(30-24)14-34-17-4-2-16(3-5-17)18-13-27-22(25)21(28-18)23(32)29-19-12-26-7-6-20(19)31-8-10-33-11-9-31/h2-7,12-13,15,30H,8-11,14,24H2,1H3,(H2,25,27)(H,29,32). The second-order valence-corrected chi connectivity index (χ2v) is 7.96. The molecule has 1 unspecified atom stereocenters. The van der Waals surface area contributed by atoms with Gasteiger partial charge in [-0.15, -0.1) is 0 Å². The molecule has 1 aliphatic rings. The lowest BCUT2D eigenvalue weighted by atomic mass is 10.1. The summed E-state index contributed by atoms with van der Waals surface area (Å²) in [5.41, 5.74) is 8.85. The Morgan fingerprint density at radius 2 is 2.00 bits per heavy atom. The summed E-state index contributed by atoms with van der Waals surface area (Å²) in [7, 11) is 1.89. The van der Waals surface area contributed by atoms with Gasteiger partial charge in [-0.1, -0.05) is 0 Å². The van der Waals surface area contributed by atoms with Crippen LogP contribution in [0.3, 0.4) is 0 Å². The van der Waals surface area contributed by atoms with Gasteiger partial charge in [-0.2, -0.15) is 0 Å². The predicted octanol–water partition coefficient (Wildman–Crippen LogP) is 1.11. The molecule has 2 aromatic heterocycles. The number of ether oxygens (including phenoxy) is 2. The molecule has 3 aromatic rings. The molecule has 1 amide bonds. The van der Waals surface area contributed by atoms with Crippen LogP contribution in [0.2, 0.25) is 0 Å². The van der Waals surface area contributed by atoms with Gasteiger partial charge in [-0.05, 0) is 37.3 Å². The Bertz CT molecular complexity index is 1120. The average Bonchev–Trinajstić information content (AvgIpc) is 2.88. The second kappa shape index (κ2) is 10.9. The Hall–Kier alpha value is -3.70. The molecule has 176 valence electrons. The van der Waals surface area contributed by atoms with Crippen molar-refractivity contribution < 1.29 is 14.3 Å². The third-order valence-electron chi connectivity index (χ3n) is 5.56. The SMILES string of the molecule is BNC(C)COc1ccc(-c2cnc(N)c(C(=O)Nc3cnccc3N3CCOCC3)n2)cc1. The van der Waals surface area contributed by atoms with Crippen LogP contribution >= 0.6 is 0 Å². The molecule has 0 saturated carbocycles. The largest absolute Gasteiger partial charge is 0.492 e. The summed E-state index contributed by atoms with van der Waals surface area (Å²) < 4.78 is 11.2. The summed E-state index contributed by atoms with van der Waals surface area (Å²) in [6.07, 6.45) is 4.86. The number of nitrogens with zero attached hydrogens (tertiary/aromatic N) is 4. The highest BCUT2D eigenvalue weighted by Gasteiger charge is 2.19. The first-order chi connectivity index (χ1) is 16.5. The number of amides is 1. The van der Waals surface area contributed by atoms with Crippen molar-refractivity contribution in [3.05, 3.63) is 54.6 Å². The van der Waals surface area contributed by atoms with Gasteiger partial charge >= 0.3 is 0 Å². The number of nitrogen functional groups attached to an aromatic ring is 1. The second-order valence-electron chi connectivity index (χ2n) is 7.96. The lowest BCUT2D eigenvalue weighted by molar-refractivity contribution is 0.102. The number of carbonyl (C=O) groups is 1. The smallest absolute Gasteiger partial charge is 0.278 e. The highest BCUT2D eigenvalue weighted by Crippen LogP contribution is 2.27. The number of morpholine rings is 1. The lowest BCUT2D eigenvalue weighted by Crippen LogP contribution is -2.36. The molecule has 0 radical (unpaired) electrons. The number of aromatic nitrogens is 3. The number of nitrogens with one attached hydrogen (secondary N) is 2. The van der Waals surface area contributed by atoms with Gasteiger partial charge in [0.05, 0.1) is 42.7 Å². The minimum atomic E-state index is -0.449. The van der Waals surface area contributed by atoms with Crippen LogP contribution in [-0.4, -0.2) is 67.8 Å². The van der Waals surface area contributed by atoms with Crippen LogP contribution in [0.15, 0.2) is 48.9 Å². The highest BCUT2D eigenvalue weighted by molar-refractivity contribution is 6.07. The molecule has 1 aliphatic heterocycles. The zero-order valence-corrected chi connectivity index (χ0v) is 19.3. The maximum absolute atomic E-state index is 13.1. The number of hydrogen-bond acceptors (Lipinski definition) is 9. The Morgan fingerprint density at radius 1 is 1.24 bits per heavy atom. The molecule has 4 rings (SSSR count). The molecule has 1 saturated heterocycles. The molecular weight excluding hydrogens is 433 g/mol. The first-order valence-electron chi connectivity index (χ1n) is 11.2. The summed E-state index contributed by atoms with van der Waals surface area (Å²) >= 11 is 0. The van der Waals surface area contributed by atoms with E-state index in [4.69, 9.17) is 15.2 Å². The first kappa shape index (κ1) is 23.5. The van der Waals surface area contributed by atoms with Crippen LogP contribution in [0.25, 0.3) is 11.3 Å². The normalized spacial score (nSPS) is 14.4. The van der Waals surface area contributed by atoms with Crippen LogP contribution in [0.1, 0.15) is 17.4 Å². The minimum Gasteiger partial charge on any atom is -0.492 e. The molecule has 10 nitrogen and oxygen atoms in total. The van der Waals surface area contributed by atoms with E-state index in [1.54, 1.807) is 18.6 Å². The van der Waals surface area contributed by atoms with Gasteiger partial charge in [0, 0.05) is 30.9 Å². The fraction of sp³-hybridized carbons (Fsp3) is 0.304. The van der Waals surface area contributed by atoms with Crippen LogP contribution in [0.4, 0.5) is 17.2 Å². The summed E-state index contributed by atoms with van der Waals surface area (Å²) in [5, 5.41) is 6.02. The number of rotatable bonds is 8. The van der Waals surface area contributed by atoms with Gasteiger partial charge < -0.3 is 30.7 Å². The molecule has 11 heteroatoms. The van der Waals surface area contributed by atoms with Gasteiger partial charge in [0.2, 0.25) is 0 Å². The monoisotopic (exact) mass is 461 g/mol. The topological polar surface area (TPSA) is 128 Å². The van der Waals surface area contributed by atoms with Crippen molar-refractivity contribution in [2.45, 2.75) is 13.0 Å². The Labute approximate surface area is 199 Å². The molecule has 34 heavy (non-hydrogen) atoms. The van der Waals surface area contributed by atoms with Crippen molar-refractivity contribution >= 4 is 31.1 Å². The zero-order chi connectivity index (χ0) is 23.9. The van der Waals surface area contributed by atoms with Crippen molar-refractivity contribution in [1.29, 1.82) is 0 Å². The summed E-state index contributed by atoms with van der Waals surface area (Å²) in [5.74, 6) is 0.355. The summed E-state index contributed by atoms with van der Waals surface area (Å²) in [6, 6.07) is 9.58. The molecule has 1 aromatic carbocycles. The lowest BCUT2D eigenvalue weighted by Gasteiger charge is -2.30. The van der Waals surface area contributed by atoms with Gasteiger partial charge in [-0.25, -0.2) is 9.97 Å². The summed E-state index contributed by atoms with van der Waals surface area (Å²) in [6.45, 7) is 5.34. The third-order valence-corrected chi connectivity index (χ3v) is 5.56. The highest BCUT2D eigenvalue weighted by atomic mass is 16.5. The van der Waals surface area contributed by atoms with E-state index >= 15 is 0 Å². The Morgan fingerprint density at radius 3 is 2.74 bits per heavy atom.